The fourth-order valence-electron chi connectivity index (χ4n) is 1.84. The second kappa shape index (κ2) is 5.64. The molecule has 0 aromatic carbocycles. The molecule has 0 fully saturated rings. The largest absolute Gasteiger partial charge is 0.492 e. The lowest BCUT2D eigenvalue weighted by atomic mass is 10.1. The van der Waals surface area contributed by atoms with Crippen molar-refractivity contribution in [3.8, 4) is 5.75 Å². The normalized spacial score (nSPS) is 12.4. The molecule has 5 nitrogen and oxygen atoms in total. The molecular formula is C13H17N3O2. The van der Waals surface area contributed by atoms with E-state index in [1.54, 1.807) is 29.3 Å². The van der Waals surface area contributed by atoms with Crippen molar-refractivity contribution in [2.45, 2.75) is 26.5 Å². The molecule has 0 aliphatic carbocycles. The number of pyridine rings is 1. The Labute approximate surface area is 106 Å². The fourth-order valence-corrected chi connectivity index (χ4v) is 1.84. The first-order chi connectivity index (χ1) is 8.76. The summed E-state index contributed by atoms with van der Waals surface area (Å²) < 4.78 is 7.14. The van der Waals surface area contributed by atoms with Crippen molar-refractivity contribution < 1.29 is 9.84 Å². The topological polar surface area (TPSA) is 60.2 Å². The summed E-state index contributed by atoms with van der Waals surface area (Å²) in [7, 11) is 0. The van der Waals surface area contributed by atoms with Gasteiger partial charge in [-0.05, 0) is 26.0 Å². The molecule has 0 aliphatic rings. The standard InChI is InChI=1S/C13H17N3O2/c1-3-16-12(5-6-15-16)13(17)10-7-11(18-4-2)9-14-8-10/h5-9,13,17H,3-4H2,1-2H3. The molecule has 1 N–H and O–H groups in total. The minimum absolute atomic E-state index is 0.578. The monoisotopic (exact) mass is 247 g/mol. The van der Waals surface area contributed by atoms with Gasteiger partial charge in [-0.15, -0.1) is 0 Å². The number of ether oxygens (including phenoxy) is 1. The summed E-state index contributed by atoms with van der Waals surface area (Å²) in [6.45, 7) is 5.19. The highest BCUT2D eigenvalue weighted by Gasteiger charge is 2.15. The number of aliphatic hydroxyl groups excluding tert-OH is 1. The van der Waals surface area contributed by atoms with Gasteiger partial charge in [-0.1, -0.05) is 0 Å². The Balaban J connectivity index is 2.28. The summed E-state index contributed by atoms with van der Waals surface area (Å²) in [5, 5.41) is 14.5. The lowest BCUT2D eigenvalue weighted by molar-refractivity contribution is 0.207. The molecule has 0 bridgehead atoms. The Morgan fingerprint density at radius 3 is 2.94 bits per heavy atom. The van der Waals surface area contributed by atoms with Crippen molar-refractivity contribution >= 4 is 0 Å². The molecule has 0 saturated heterocycles. The third-order valence-electron chi connectivity index (χ3n) is 2.69. The Bertz CT molecular complexity index is 510. The van der Waals surface area contributed by atoms with Crippen molar-refractivity contribution in [3.63, 3.8) is 0 Å². The van der Waals surface area contributed by atoms with Crippen LogP contribution in [0.1, 0.15) is 31.2 Å². The summed E-state index contributed by atoms with van der Waals surface area (Å²) >= 11 is 0. The van der Waals surface area contributed by atoms with Crippen LogP contribution >= 0.6 is 0 Å². The summed E-state index contributed by atoms with van der Waals surface area (Å²) in [5.41, 5.74) is 1.46. The van der Waals surface area contributed by atoms with Gasteiger partial charge in [-0.25, -0.2) is 0 Å². The van der Waals surface area contributed by atoms with E-state index >= 15 is 0 Å². The van der Waals surface area contributed by atoms with Crippen LogP contribution in [0.25, 0.3) is 0 Å². The first-order valence-corrected chi connectivity index (χ1v) is 6.03. The SMILES string of the molecule is CCOc1cncc(C(O)c2ccnn2CC)c1. The molecule has 0 radical (unpaired) electrons. The highest BCUT2D eigenvalue weighted by molar-refractivity contribution is 5.29. The molecule has 1 atom stereocenters. The molecule has 18 heavy (non-hydrogen) atoms. The molecule has 96 valence electrons. The number of aryl methyl sites for hydroxylation is 1. The first-order valence-electron chi connectivity index (χ1n) is 6.03. The zero-order valence-corrected chi connectivity index (χ0v) is 10.6. The van der Waals surface area contributed by atoms with Crippen molar-refractivity contribution in [3.05, 3.63) is 42.0 Å². The summed E-state index contributed by atoms with van der Waals surface area (Å²) in [5.74, 6) is 0.664. The van der Waals surface area contributed by atoms with Gasteiger partial charge in [-0.2, -0.15) is 5.10 Å². The van der Waals surface area contributed by atoms with E-state index in [1.165, 1.54) is 0 Å². The summed E-state index contributed by atoms with van der Waals surface area (Å²) in [6.07, 6.45) is 4.22. The van der Waals surface area contributed by atoms with Crippen LogP contribution < -0.4 is 4.74 Å². The van der Waals surface area contributed by atoms with Crippen LogP contribution in [-0.2, 0) is 6.54 Å². The lowest BCUT2D eigenvalue weighted by Gasteiger charge is -2.13. The van der Waals surface area contributed by atoms with Crippen LogP contribution in [0.3, 0.4) is 0 Å². The number of hydrogen-bond donors (Lipinski definition) is 1. The van der Waals surface area contributed by atoms with Gasteiger partial charge in [0.25, 0.3) is 0 Å². The number of aliphatic hydroxyl groups is 1. The van der Waals surface area contributed by atoms with Crippen molar-refractivity contribution in [2.75, 3.05) is 6.61 Å². The maximum Gasteiger partial charge on any atom is 0.137 e. The third kappa shape index (κ3) is 2.51. The van der Waals surface area contributed by atoms with Gasteiger partial charge >= 0.3 is 0 Å². The number of nitrogens with zero attached hydrogens (tertiary/aromatic N) is 3. The van der Waals surface area contributed by atoms with Crippen molar-refractivity contribution in [1.82, 2.24) is 14.8 Å². The summed E-state index contributed by atoms with van der Waals surface area (Å²) in [6, 6.07) is 3.61. The van der Waals surface area contributed by atoms with Gasteiger partial charge in [0.15, 0.2) is 0 Å². The molecule has 2 aromatic rings. The zero-order chi connectivity index (χ0) is 13.0. The van der Waals surface area contributed by atoms with Gasteiger partial charge in [0, 0.05) is 24.5 Å². The van der Waals surface area contributed by atoms with Crippen LogP contribution in [0.15, 0.2) is 30.7 Å². The van der Waals surface area contributed by atoms with E-state index in [2.05, 4.69) is 10.1 Å². The van der Waals surface area contributed by atoms with Gasteiger partial charge in [0.2, 0.25) is 0 Å². The maximum atomic E-state index is 10.3. The minimum Gasteiger partial charge on any atom is -0.492 e. The van der Waals surface area contributed by atoms with Crippen LogP contribution in [0.5, 0.6) is 5.75 Å². The Morgan fingerprint density at radius 1 is 1.39 bits per heavy atom. The Hall–Kier alpha value is -1.88. The Morgan fingerprint density at radius 2 is 2.22 bits per heavy atom. The van der Waals surface area contributed by atoms with Crippen LogP contribution in [0.4, 0.5) is 0 Å². The van der Waals surface area contributed by atoms with E-state index < -0.39 is 6.10 Å². The maximum absolute atomic E-state index is 10.3. The molecule has 0 aliphatic heterocycles. The molecule has 5 heteroatoms. The van der Waals surface area contributed by atoms with Crippen molar-refractivity contribution in [2.24, 2.45) is 0 Å². The molecule has 1 unspecified atom stereocenters. The van der Waals surface area contributed by atoms with E-state index in [4.69, 9.17) is 4.74 Å². The lowest BCUT2D eigenvalue weighted by Crippen LogP contribution is -2.09. The van der Waals surface area contributed by atoms with Gasteiger partial charge in [-0.3, -0.25) is 9.67 Å². The Kier molecular flexibility index (Phi) is 3.94. The average Bonchev–Trinajstić information content (AvgIpc) is 2.87. The van der Waals surface area contributed by atoms with E-state index in [1.807, 2.05) is 19.9 Å². The van der Waals surface area contributed by atoms with E-state index in [-0.39, 0.29) is 0 Å². The van der Waals surface area contributed by atoms with Gasteiger partial charge < -0.3 is 9.84 Å². The van der Waals surface area contributed by atoms with Gasteiger partial charge in [0.1, 0.15) is 11.9 Å². The molecule has 2 rings (SSSR count). The highest BCUT2D eigenvalue weighted by Crippen LogP contribution is 2.23. The second-order valence-electron chi connectivity index (χ2n) is 3.86. The smallest absolute Gasteiger partial charge is 0.137 e. The van der Waals surface area contributed by atoms with E-state index in [0.717, 1.165) is 12.2 Å². The summed E-state index contributed by atoms with van der Waals surface area (Å²) in [4.78, 5) is 4.08. The predicted molar refractivity (Wildman–Crippen MR) is 67.4 cm³/mol. The zero-order valence-electron chi connectivity index (χ0n) is 10.6. The molecule has 0 spiro atoms. The molecule has 0 amide bonds. The molecular weight excluding hydrogens is 230 g/mol. The number of aromatic nitrogens is 3. The third-order valence-corrected chi connectivity index (χ3v) is 2.69. The second-order valence-corrected chi connectivity index (χ2v) is 3.86. The molecule has 2 aromatic heterocycles. The fraction of sp³-hybridized carbons (Fsp3) is 0.385. The van der Waals surface area contributed by atoms with Gasteiger partial charge in [0.05, 0.1) is 18.5 Å². The average molecular weight is 247 g/mol. The van der Waals surface area contributed by atoms with Crippen LogP contribution in [0.2, 0.25) is 0 Å². The predicted octanol–water partition coefficient (Wildman–Crippen LogP) is 1.78. The van der Waals surface area contributed by atoms with Crippen LogP contribution in [-0.4, -0.2) is 26.5 Å². The van der Waals surface area contributed by atoms with E-state index in [9.17, 15) is 5.11 Å². The molecule has 0 saturated carbocycles. The first kappa shape index (κ1) is 12.6. The quantitative estimate of drug-likeness (QED) is 0.875. The van der Waals surface area contributed by atoms with E-state index in [0.29, 0.717) is 17.9 Å². The number of rotatable bonds is 5. The highest BCUT2D eigenvalue weighted by atomic mass is 16.5. The number of hydrogen-bond acceptors (Lipinski definition) is 4. The van der Waals surface area contributed by atoms with Crippen LogP contribution in [0, 0.1) is 0 Å². The minimum atomic E-state index is -0.736. The molecule has 2 heterocycles. The van der Waals surface area contributed by atoms with Crippen molar-refractivity contribution in [1.29, 1.82) is 0 Å².